The summed E-state index contributed by atoms with van der Waals surface area (Å²) in [4.78, 5) is 14.2. The van der Waals surface area contributed by atoms with Gasteiger partial charge in [0, 0.05) is 19.1 Å². The Hall–Kier alpha value is -2.97. The zero-order valence-electron chi connectivity index (χ0n) is 15.4. The summed E-state index contributed by atoms with van der Waals surface area (Å²) in [5.41, 5.74) is 1.09. The smallest absolute Gasteiger partial charge is 0.387 e. The summed E-state index contributed by atoms with van der Waals surface area (Å²) in [6.45, 7) is -4.82. The van der Waals surface area contributed by atoms with Crippen LogP contribution in [-0.4, -0.2) is 38.3 Å². The van der Waals surface area contributed by atoms with Crippen LogP contribution in [0.5, 0.6) is 11.5 Å². The van der Waals surface area contributed by atoms with Gasteiger partial charge in [0.1, 0.15) is 11.5 Å². The summed E-state index contributed by atoms with van der Waals surface area (Å²) in [5, 5.41) is 2.89. The topological polar surface area (TPSA) is 50.8 Å². The fourth-order valence-corrected chi connectivity index (χ4v) is 3.31. The first-order valence-electron chi connectivity index (χ1n) is 9.02. The van der Waals surface area contributed by atoms with Crippen LogP contribution in [0.2, 0.25) is 0 Å². The van der Waals surface area contributed by atoms with Gasteiger partial charge in [-0.1, -0.05) is 24.3 Å². The molecule has 0 aromatic heterocycles. The molecular formula is C20H20F4N2O3. The minimum Gasteiger partial charge on any atom is -0.435 e. The minimum absolute atomic E-state index is 0.00650. The predicted octanol–water partition coefficient (Wildman–Crippen LogP) is 3.83. The van der Waals surface area contributed by atoms with Gasteiger partial charge in [-0.2, -0.15) is 17.6 Å². The van der Waals surface area contributed by atoms with E-state index in [0.717, 1.165) is 0 Å². The molecule has 156 valence electrons. The van der Waals surface area contributed by atoms with Crippen molar-refractivity contribution >= 4 is 11.6 Å². The van der Waals surface area contributed by atoms with Gasteiger partial charge in [-0.25, -0.2) is 0 Å². The number of benzene rings is 2. The van der Waals surface area contributed by atoms with Crippen molar-refractivity contribution in [2.45, 2.75) is 32.1 Å². The Morgan fingerprint density at radius 2 is 1.83 bits per heavy atom. The number of ether oxygens (including phenoxy) is 2. The molecule has 1 atom stereocenters. The molecule has 0 bridgehead atoms. The Morgan fingerprint density at radius 1 is 1.07 bits per heavy atom. The van der Waals surface area contributed by atoms with Crippen LogP contribution >= 0.6 is 0 Å². The molecule has 1 heterocycles. The molecule has 0 spiro atoms. The van der Waals surface area contributed by atoms with Gasteiger partial charge in [0.2, 0.25) is 5.91 Å². The third kappa shape index (κ3) is 6.00. The van der Waals surface area contributed by atoms with Crippen LogP contribution < -0.4 is 19.7 Å². The van der Waals surface area contributed by atoms with Gasteiger partial charge in [0.15, 0.2) is 0 Å². The summed E-state index contributed by atoms with van der Waals surface area (Å²) < 4.78 is 58.7. The van der Waals surface area contributed by atoms with Gasteiger partial charge in [0.05, 0.1) is 12.1 Å². The quantitative estimate of drug-likeness (QED) is 0.670. The highest BCUT2D eigenvalue weighted by molar-refractivity contribution is 5.79. The average molecular weight is 412 g/mol. The number of anilines is 1. The molecule has 9 heteroatoms. The van der Waals surface area contributed by atoms with Crippen molar-refractivity contribution < 1.29 is 31.8 Å². The van der Waals surface area contributed by atoms with Gasteiger partial charge in [0.25, 0.3) is 0 Å². The van der Waals surface area contributed by atoms with Crippen LogP contribution in [0, 0.1) is 0 Å². The van der Waals surface area contributed by atoms with Crippen LogP contribution in [-0.2, 0) is 11.2 Å². The Kier molecular flexibility index (Phi) is 6.79. The lowest BCUT2D eigenvalue weighted by atomic mass is 10.1. The van der Waals surface area contributed by atoms with Crippen molar-refractivity contribution in [3.63, 3.8) is 0 Å². The third-order valence-electron chi connectivity index (χ3n) is 4.46. The Balaban J connectivity index is 1.56. The maximum absolute atomic E-state index is 12.6. The first-order chi connectivity index (χ1) is 13.9. The molecule has 2 aromatic rings. The average Bonchev–Trinajstić information content (AvgIpc) is 3.09. The number of nitrogens with zero attached hydrogens (tertiary/aromatic N) is 1. The summed E-state index contributed by atoms with van der Waals surface area (Å²) in [6, 6.07) is 12.3. The van der Waals surface area contributed by atoms with E-state index >= 15 is 0 Å². The number of halogens is 4. The standard InChI is InChI=1S/C20H20F4N2O3/c21-19(22)28-15-5-3-4-13(10-15)11-18(27)25-14-8-9-26(12-14)16-6-1-2-7-17(16)29-20(23)24/h1-7,10,14,19-20H,8-9,11-12H2,(H,25,27). The number of para-hydroxylation sites is 2. The molecule has 1 amide bonds. The summed E-state index contributed by atoms with van der Waals surface area (Å²) in [6.07, 6.45) is 0.658. The van der Waals surface area contributed by atoms with Crippen LogP contribution in [0.4, 0.5) is 23.2 Å². The van der Waals surface area contributed by atoms with E-state index in [1.54, 1.807) is 24.3 Å². The molecule has 1 aliphatic heterocycles. The van der Waals surface area contributed by atoms with Crippen molar-refractivity contribution in [2.75, 3.05) is 18.0 Å². The maximum Gasteiger partial charge on any atom is 0.387 e. The van der Waals surface area contributed by atoms with Crippen LogP contribution in [0.3, 0.4) is 0 Å². The van der Waals surface area contributed by atoms with Crippen molar-refractivity contribution in [2.24, 2.45) is 0 Å². The van der Waals surface area contributed by atoms with E-state index in [1.807, 2.05) is 4.90 Å². The lowest BCUT2D eigenvalue weighted by molar-refractivity contribution is -0.121. The van der Waals surface area contributed by atoms with Crippen molar-refractivity contribution in [3.8, 4) is 11.5 Å². The van der Waals surface area contributed by atoms with E-state index < -0.39 is 13.2 Å². The lowest BCUT2D eigenvalue weighted by Gasteiger charge is -2.22. The SMILES string of the molecule is O=C(Cc1cccc(OC(F)F)c1)NC1CCN(c2ccccc2OC(F)F)C1. The van der Waals surface area contributed by atoms with Crippen LogP contribution in [0.25, 0.3) is 0 Å². The zero-order valence-corrected chi connectivity index (χ0v) is 15.4. The molecule has 1 unspecified atom stereocenters. The molecule has 1 fully saturated rings. The second-order valence-electron chi connectivity index (χ2n) is 6.55. The van der Waals surface area contributed by atoms with Crippen LogP contribution in [0.15, 0.2) is 48.5 Å². The van der Waals surface area contributed by atoms with E-state index in [9.17, 15) is 22.4 Å². The number of carbonyl (C=O) groups excluding carboxylic acids is 1. The second kappa shape index (κ2) is 9.49. The molecule has 29 heavy (non-hydrogen) atoms. The molecule has 1 saturated heterocycles. The summed E-state index contributed by atoms with van der Waals surface area (Å²) in [5.74, 6) is -0.179. The number of carbonyl (C=O) groups is 1. The van der Waals surface area contributed by atoms with Gasteiger partial charge in [-0.05, 0) is 36.2 Å². The molecule has 2 aromatic carbocycles. The van der Waals surface area contributed by atoms with E-state index in [1.165, 1.54) is 24.3 Å². The third-order valence-corrected chi connectivity index (χ3v) is 4.46. The highest BCUT2D eigenvalue weighted by atomic mass is 19.3. The molecule has 0 radical (unpaired) electrons. The van der Waals surface area contributed by atoms with Gasteiger partial charge in [-0.3, -0.25) is 4.79 Å². The van der Waals surface area contributed by atoms with Gasteiger partial charge >= 0.3 is 13.2 Å². The molecule has 1 N–H and O–H groups in total. The number of hydrogen-bond donors (Lipinski definition) is 1. The minimum atomic E-state index is -2.93. The molecule has 3 rings (SSSR count). The maximum atomic E-state index is 12.6. The first-order valence-corrected chi connectivity index (χ1v) is 9.02. The Bertz CT molecular complexity index is 835. The van der Waals surface area contributed by atoms with E-state index in [-0.39, 0.29) is 29.9 Å². The monoisotopic (exact) mass is 412 g/mol. The zero-order chi connectivity index (χ0) is 20.8. The largest absolute Gasteiger partial charge is 0.435 e. The number of rotatable bonds is 8. The predicted molar refractivity (Wildman–Crippen MR) is 98.6 cm³/mol. The fraction of sp³-hybridized carbons (Fsp3) is 0.350. The second-order valence-corrected chi connectivity index (χ2v) is 6.55. The molecule has 5 nitrogen and oxygen atoms in total. The van der Waals surface area contributed by atoms with Crippen molar-refractivity contribution in [1.29, 1.82) is 0 Å². The summed E-state index contributed by atoms with van der Waals surface area (Å²) >= 11 is 0. The molecule has 0 aliphatic carbocycles. The highest BCUT2D eigenvalue weighted by Gasteiger charge is 2.26. The lowest BCUT2D eigenvalue weighted by Crippen LogP contribution is -2.38. The van der Waals surface area contributed by atoms with Crippen molar-refractivity contribution in [3.05, 3.63) is 54.1 Å². The van der Waals surface area contributed by atoms with E-state index in [4.69, 9.17) is 0 Å². The summed E-state index contributed by atoms with van der Waals surface area (Å²) in [7, 11) is 0. The molecule has 0 saturated carbocycles. The molecule has 1 aliphatic rings. The van der Waals surface area contributed by atoms with E-state index in [2.05, 4.69) is 14.8 Å². The number of alkyl halides is 4. The number of hydrogen-bond acceptors (Lipinski definition) is 4. The Labute approximate surface area is 165 Å². The normalized spacial score (nSPS) is 16.3. The number of amides is 1. The number of nitrogens with one attached hydrogen (secondary N) is 1. The first kappa shape index (κ1) is 20.8. The van der Waals surface area contributed by atoms with Crippen molar-refractivity contribution in [1.82, 2.24) is 5.32 Å². The molecular weight excluding hydrogens is 392 g/mol. The van der Waals surface area contributed by atoms with Crippen LogP contribution in [0.1, 0.15) is 12.0 Å². The highest BCUT2D eigenvalue weighted by Crippen LogP contribution is 2.31. The van der Waals surface area contributed by atoms with Gasteiger partial charge in [-0.15, -0.1) is 0 Å². The van der Waals surface area contributed by atoms with E-state index in [0.29, 0.717) is 30.8 Å². The Morgan fingerprint density at radius 3 is 2.59 bits per heavy atom. The fourth-order valence-electron chi connectivity index (χ4n) is 3.31. The van der Waals surface area contributed by atoms with Gasteiger partial charge < -0.3 is 19.7 Å².